The molecule has 0 saturated carbocycles. The molecule has 4 rings (SSSR count). The van der Waals surface area contributed by atoms with E-state index in [1.54, 1.807) is 0 Å². The van der Waals surface area contributed by atoms with Crippen LogP contribution in [0.5, 0.6) is 0 Å². The molecule has 0 spiro atoms. The lowest BCUT2D eigenvalue weighted by Crippen LogP contribution is -2.41. The Balaban J connectivity index is 1.71. The molecule has 3 nitrogen and oxygen atoms in total. The Bertz CT molecular complexity index is 805. The Morgan fingerprint density at radius 3 is 2.24 bits per heavy atom. The summed E-state index contributed by atoms with van der Waals surface area (Å²) >= 11 is 1.82. The van der Waals surface area contributed by atoms with Gasteiger partial charge in [0.2, 0.25) is 0 Å². The highest BCUT2D eigenvalue weighted by Crippen LogP contribution is 2.47. The van der Waals surface area contributed by atoms with E-state index >= 15 is 0 Å². The van der Waals surface area contributed by atoms with E-state index in [4.69, 9.17) is 9.31 Å². The minimum atomic E-state index is -0.317. The van der Waals surface area contributed by atoms with Crippen LogP contribution in [0.4, 0.5) is 11.4 Å². The fraction of sp³-hybridized carbons (Fsp3) is 0.400. The molecular weight excluding hydrogens is 329 g/mol. The van der Waals surface area contributed by atoms with Crippen LogP contribution in [0.1, 0.15) is 34.6 Å². The van der Waals surface area contributed by atoms with Gasteiger partial charge in [0.15, 0.2) is 0 Å². The van der Waals surface area contributed by atoms with Crippen molar-refractivity contribution >= 4 is 35.7 Å². The second-order valence-corrected chi connectivity index (χ2v) is 8.71. The summed E-state index contributed by atoms with van der Waals surface area (Å²) in [5.41, 5.74) is 2.99. The molecule has 25 heavy (non-hydrogen) atoms. The SMILES string of the molecule is CCN1c2ccccc2Sc2cc(B3OC(C)(C)C(C)(C)O3)ccc21. The van der Waals surface area contributed by atoms with Gasteiger partial charge in [0.1, 0.15) is 0 Å². The maximum absolute atomic E-state index is 6.22. The first-order valence-electron chi connectivity index (χ1n) is 8.86. The fourth-order valence-corrected chi connectivity index (χ4v) is 4.46. The molecule has 0 radical (unpaired) electrons. The van der Waals surface area contributed by atoms with Gasteiger partial charge in [-0.05, 0) is 64.3 Å². The summed E-state index contributed by atoms with van der Waals surface area (Å²) in [6, 6.07) is 15.1. The van der Waals surface area contributed by atoms with Crippen molar-refractivity contribution in [3.63, 3.8) is 0 Å². The fourth-order valence-electron chi connectivity index (χ4n) is 3.32. The predicted molar refractivity (Wildman–Crippen MR) is 105 cm³/mol. The highest BCUT2D eigenvalue weighted by Gasteiger charge is 2.51. The van der Waals surface area contributed by atoms with E-state index in [9.17, 15) is 0 Å². The van der Waals surface area contributed by atoms with Gasteiger partial charge in [0.05, 0.1) is 22.6 Å². The Morgan fingerprint density at radius 1 is 0.920 bits per heavy atom. The molecule has 0 atom stereocenters. The Kier molecular flexibility index (Phi) is 3.94. The average molecular weight is 353 g/mol. The number of anilines is 2. The number of hydrogen-bond acceptors (Lipinski definition) is 4. The molecule has 2 aromatic carbocycles. The zero-order valence-corrected chi connectivity index (χ0v) is 16.3. The van der Waals surface area contributed by atoms with Gasteiger partial charge in [0.25, 0.3) is 0 Å². The zero-order valence-electron chi connectivity index (χ0n) is 15.5. The summed E-state index contributed by atoms with van der Waals surface area (Å²) < 4.78 is 12.4. The largest absolute Gasteiger partial charge is 0.494 e. The van der Waals surface area contributed by atoms with Crippen LogP contribution < -0.4 is 10.4 Å². The number of hydrogen-bond donors (Lipinski definition) is 0. The summed E-state index contributed by atoms with van der Waals surface area (Å²) in [7, 11) is -0.317. The lowest BCUT2D eigenvalue weighted by atomic mass is 9.79. The number of fused-ring (bicyclic) bond motifs is 2. The van der Waals surface area contributed by atoms with Crippen molar-refractivity contribution in [3.05, 3.63) is 42.5 Å². The second-order valence-electron chi connectivity index (χ2n) is 7.63. The summed E-state index contributed by atoms with van der Waals surface area (Å²) in [5, 5.41) is 0. The molecule has 2 heterocycles. The Labute approximate surface area is 154 Å². The summed E-state index contributed by atoms with van der Waals surface area (Å²) in [6.45, 7) is 11.5. The van der Waals surface area contributed by atoms with Crippen LogP contribution in [0.2, 0.25) is 0 Å². The predicted octanol–water partition coefficient (Wildman–Crippen LogP) is 4.61. The van der Waals surface area contributed by atoms with Crippen molar-refractivity contribution in [1.82, 2.24) is 0 Å². The molecule has 1 saturated heterocycles. The molecular formula is C20H24BNO2S. The molecule has 0 aliphatic carbocycles. The van der Waals surface area contributed by atoms with Crippen LogP contribution in [0.25, 0.3) is 0 Å². The molecule has 130 valence electrons. The zero-order chi connectivity index (χ0) is 17.8. The average Bonchev–Trinajstić information content (AvgIpc) is 2.80. The summed E-state index contributed by atoms with van der Waals surface area (Å²) in [4.78, 5) is 4.92. The maximum atomic E-state index is 6.22. The van der Waals surface area contributed by atoms with Crippen LogP contribution in [0, 0.1) is 0 Å². The summed E-state index contributed by atoms with van der Waals surface area (Å²) in [6.07, 6.45) is 0. The third kappa shape index (κ3) is 2.69. The second kappa shape index (κ2) is 5.80. The standard InChI is InChI=1S/C20H24BNO2S/c1-6-22-15-9-7-8-10-17(15)25-18-13-14(11-12-16(18)22)21-23-19(2,3)20(4,5)24-21/h7-13H,6H2,1-5H3. The lowest BCUT2D eigenvalue weighted by molar-refractivity contribution is 0.00578. The van der Waals surface area contributed by atoms with Crippen molar-refractivity contribution in [1.29, 1.82) is 0 Å². The van der Waals surface area contributed by atoms with Gasteiger partial charge >= 0.3 is 7.12 Å². The molecule has 0 amide bonds. The lowest BCUT2D eigenvalue weighted by Gasteiger charge is -2.32. The first kappa shape index (κ1) is 17.0. The number of benzene rings is 2. The molecule has 0 unspecified atom stereocenters. The van der Waals surface area contributed by atoms with Crippen LogP contribution in [0.3, 0.4) is 0 Å². The highest BCUT2D eigenvalue weighted by molar-refractivity contribution is 7.99. The van der Waals surface area contributed by atoms with E-state index in [1.165, 1.54) is 21.2 Å². The molecule has 2 aromatic rings. The van der Waals surface area contributed by atoms with E-state index in [-0.39, 0.29) is 18.3 Å². The summed E-state index contributed by atoms with van der Waals surface area (Å²) in [5.74, 6) is 0. The number of rotatable bonds is 2. The minimum Gasteiger partial charge on any atom is -0.399 e. The van der Waals surface area contributed by atoms with Crippen LogP contribution in [-0.4, -0.2) is 24.9 Å². The van der Waals surface area contributed by atoms with E-state index in [0.29, 0.717) is 0 Å². The normalized spacial score (nSPS) is 20.4. The van der Waals surface area contributed by atoms with E-state index in [2.05, 4.69) is 82.0 Å². The molecule has 5 heteroatoms. The van der Waals surface area contributed by atoms with Crippen molar-refractivity contribution < 1.29 is 9.31 Å². The van der Waals surface area contributed by atoms with E-state index < -0.39 is 0 Å². The quantitative estimate of drug-likeness (QED) is 0.735. The highest BCUT2D eigenvalue weighted by atomic mass is 32.2. The Hall–Kier alpha value is -1.43. The van der Waals surface area contributed by atoms with Crippen LogP contribution >= 0.6 is 11.8 Å². The van der Waals surface area contributed by atoms with E-state index in [0.717, 1.165) is 12.0 Å². The monoisotopic (exact) mass is 353 g/mol. The first-order valence-corrected chi connectivity index (χ1v) is 9.68. The number of nitrogens with zero attached hydrogens (tertiary/aromatic N) is 1. The minimum absolute atomic E-state index is 0.317. The van der Waals surface area contributed by atoms with Crippen molar-refractivity contribution in [3.8, 4) is 0 Å². The van der Waals surface area contributed by atoms with Gasteiger partial charge in [-0.25, -0.2) is 0 Å². The molecule has 2 aliphatic rings. The van der Waals surface area contributed by atoms with Gasteiger partial charge in [-0.1, -0.05) is 30.0 Å². The van der Waals surface area contributed by atoms with Gasteiger partial charge in [0, 0.05) is 16.3 Å². The molecule has 0 aromatic heterocycles. The molecule has 0 bridgehead atoms. The van der Waals surface area contributed by atoms with Gasteiger partial charge in [-0.3, -0.25) is 0 Å². The van der Waals surface area contributed by atoms with Gasteiger partial charge < -0.3 is 14.2 Å². The maximum Gasteiger partial charge on any atom is 0.494 e. The smallest absolute Gasteiger partial charge is 0.399 e. The van der Waals surface area contributed by atoms with Crippen molar-refractivity contribution in [2.24, 2.45) is 0 Å². The van der Waals surface area contributed by atoms with Crippen molar-refractivity contribution in [2.75, 3.05) is 11.4 Å². The third-order valence-electron chi connectivity index (χ3n) is 5.49. The third-order valence-corrected chi connectivity index (χ3v) is 6.60. The van der Waals surface area contributed by atoms with Gasteiger partial charge in [-0.2, -0.15) is 0 Å². The van der Waals surface area contributed by atoms with Crippen molar-refractivity contribution in [2.45, 2.75) is 55.6 Å². The van der Waals surface area contributed by atoms with Crippen LogP contribution in [-0.2, 0) is 9.31 Å². The molecule has 2 aliphatic heterocycles. The number of para-hydroxylation sites is 1. The van der Waals surface area contributed by atoms with E-state index in [1.807, 2.05) is 11.8 Å². The van der Waals surface area contributed by atoms with Crippen LogP contribution in [0.15, 0.2) is 52.3 Å². The topological polar surface area (TPSA) is 21.7 Å². The Morgan fingerprint density at radius 2 is 1.56 bits per heavy atom. The molecule has 0 N–H and O–H groups in total. The molecule has 1 fully saturated rings. The van der Waals surface area contributed by atoms with Gasteiger partial charge in [-0.15, -0.1) is 0 Å². The first-order chi connectivity index (χ1) is 11.8.